The monoisotopic (exact) mass is 491 g/mol. The van der Waals surface area contributed by atoms with Crippen molar-refractivity contribution in [3.05, 3.63) is 81.7 Å². The minimum absolute atomic E-state index is 0.0714. The van der Waals surface area contributed by atoms with Gasteiger partial charge in [-0.2, -0.15) is 0 Å². The lowest BCUT2D eigenvalue weighted by atomic mass is 10.00. The number of carbonyl (C=O) groups excluding carboxylic acids is 2. The normalized spacial score (nSPS) is 13.9. The molecule has 8 heteroatoms. The number of nitrogens with zero attached hydrogens (tertiary/aromatic N) is 1. The quantitative estimate of drug-likeness (QED) is 0.150. The Kier molecular flexibility index (Phi) is 8.65. The van der Waals surface area contributed by atoms with Crippen molar-refractivity contribution in [2.24, 2.45) is 0 Å². The zero-order valence-electron chi connectivity index (χ0n) is 20.0. The molecule has 1 aromatic heterocycles. The first-order valence-electron chi connectivity index (χ1n) is 12.1. The molecule has 0 saturated carbocycles. The number of carbonyl (C=O) groups is 2. The van der Waals surface area contributed by atoms with Crippen LogP contribution < -0.4 is 10.5 Å². The number of esters is 1. The summed E-state index contributed by atoms with van der Waals surface area (Å²) in [6.45, 7) is 1.74. The van der Waals surface area contributed by atoms with E-state index in [1.807, 2.05) is 36.4 Å². The van der Waals surface area contributed by atoms with E-state index >= 15 is 0 Å². The Hall–Kier alpha value is -3.75. The fraction of sp³-hybridized carbons (Fsp3) is 0.321. The summed E-state index contributed by atoms with van der Waals surface area (Å²) in [5.41, 5.74) is 0.482. The molecule has 0 aliphatic carbocycles. The number of aliphatic hydroxyl groups excluding tert-OH is 1. The van der Waals surface area contributed by atoms with Crippen LogP contribution in [-0.4, -0.2) is 56.4 Å². The Morgan fingerprint density at radius 1 is 0.972 bits per heavy atom. The van der Waals surface area contributed by atoms with Gasteiger partial charge in [-0.3, -0.25) is 4.79 Å². The van der Waals surface area contributed by atoms with E-state index in [2.05, 4.69) is 4.90 Å². The second-order valence-corrected chi connectivity index (χ2v) is 8.45. The smallest absolute Gasteiger partial charge is 0.348 e. The molecule has 2 heterocycles. The molecule has 0 radical (unpaired) electrons. The topological polar surface area (TPSA) is 106 Å². The predicted octanol–water partition coefficient (Wildman–Crippen LogP) is 3.85. The fourth-order valence-electron chi connectivity index (χ4n) is 4.23. The second-order valence-electron chi connectivity index (χ2n) is 8.45. The number of aliphatic hydroxyl groups is 1. The third-order valence-corrected chi connectivity index (χ3v) is 5.99. The van der Waals surface area contributed by atoms with Crippen LogP contribution >= 0.6 is 0 Å². The van der Waals surface area contributed by atoms with Crippen LogP contribution in [0.5, 0.6) is 0 Å². The van der Waals surface area contributed by atoms with E-state index in [9.17, 15) is 14.4 Å². The average molecular weight is 492 g/mol. The Labute approximate surface area is 208 Å². The van der Waals surface area contributed by atoms with Gasteiger partial charge in [-0.1, -0.05) is 36.4 Å². The lowest BCUT2D eigenvalue weighted by Crippen LogP contribution is -2.29. The van der Waals surface area contributed by atoms with Gasteiger partial charge in [-0.05, 0) is 43.0 Å². The Bertz CT molecular complexity index is 1290. The first-order valence-corrected chi connectivity index (χ1v) is 12.1. The first kappa shape index (κ1) is 25.3. The Morgan fingerprint density at radius 2 is 1.75 bits per heavy atom. The average Bonchev–Trinajstić information content (AvgIpc) is 2.91. The zero-order valence-corrected chi connectivity index (χ0v) is 20.0. The molecule has 0 atom stereocenters. The maximum atomic E-state index is 13.1. The number of fused-ring (bicyclic) bond motifs is 1. The van der Waals surface area contributed by atoms with Gasteiger partial charge in [0.15, 0.2) is 5.78 Å². The van der Waals surface area contributed by atoms with Crippen LogP contribution in [0.15, 0.2) is 63.8 Å². The summed E-state index contributed by atoms with van der Waals surface area (Å²) in [5.74, 6) is -1.47. The van der Waals surface area contributed by atoms with Gasteiger partial charge in [0.1, 0.15) is 17.8 Å². The molecule has 2 aromatic carbocycles. The highest BCUT2D eigenvalue weighted by Gasteiger charge is 2.26. The van der Waals surface area contributed by atoms with Gasteiger partial charge < -0.3 is 23.9 Å². The summed E-state index contributed by atoms with van der Waals surface area (Å²) in [5, 5.41) is 9.15. The third-order valence-electron chi connectivity index (χ3n) is 5.99. The van der Waals surface area contributed by atoms with Crippen molar-refractivity contribution >= 4 is 34.5 Å². The molecular weight excluding hydrogens is 462 g/mol. The van der Waals surface area contributed by atoms with Crippen molar-refractivity contribution in [1.82, 2.24) is 0 Å². The van der Waals surface area contributed by atoms with Crippen LogP contribution in [0.3, 0.4) is 0 Å². The summed E-state index contributed by atoms with van der Waals surface area (Å²) in [6.07, 6.45) is 6.16. The van der Waals surface area contributed by atoms with Gasteiger partial charge in [0.2, 0.25) is 0 Å². The van der Waals surface area contributed by atoms with Crippen molar-refractivity contribution in [3.8, 4) is 0 Å². The highest BCUT2D eigenvalue weighted by molar-refractivity contribution is 6.17. The second kappa shape index (κ2) is 12.3. The number of hydrogen-bond acceptors (Lipinski definition) is 8. The highest BCUT2D eigenvalue weighted by atomic mass is 16.6. The minimum atomic E-state index is -0.899. The van der Waals surface area contributed by atoms with E-state index in [1.165, 1.54) is 12.5 Å². The van der Waals surface area contributed by atoms with Gasteiger partial charge in [0.25, 0.3) is 0 Å². The van der Waals surface area contributed by atoms with Crippen molar-refractivity contribution in [3.63, 3.8) is 0 Å². The van der Waals surface area contributed by atoms with E-state index in [0.29, 0.717) is 5.39 Å². The SMILES string of the molecule is O=C(/C=C/c1ccccc1)c1c(C(=O)OCCOCCO)c2ccc(N3CCCCC3)cc2oc1=O. The minimum Gasteiger partial charge on any atom is -0.460 e. The summed E-state index contributed by atoms with van der Waals surface area (Å²) in [4.78, 5) is 41.5. The number of piperidine rings is 1. The van der Waals surface area contributed by atoms with Crippen LogP contribution in [0.2, 0.25) is 0 Å². The largest absolute Gasteiger partial charge is 0.460 e. The fourth-order valence-corrected chi connectivity index (χ4v) is 4.23. The van der Waals surface area contributed by atoms with Gasteiger partial charge in [-0.25, -0.2) is 9.59 Å². The number of ether oxygens (including phenoxy) is 2. The number of allylic oxidation sites excluding steroid dienone is 1. The van der Waals surface area contributed by atoms with Crippen molar-refractivity contribution in [2.75, 3.05) is 44.4 Å². The maximum absolute atomic E-state index is 13.1. The third kappa shape index (κ3) is 6.08. The molecular formula is C28H29NO7. The number of rotatable bonds is 10. The molecule has 3 aromatic rings. The molecule has 1 aliphatic heterocycles. The summed E-state index contributed by atoms with van der Waals surface area (Å²) < 4.78 is 16.0. The van der Waals surface area contributed by atoms with Crippen LogP contribution in [-0.2, 0) is 9.47 Å². The van der Waals surface area contributed by atoms with Crippen LogP contribution in [0, 0.1) is 0 Å². The summed E-state index contributed by atoms with van der Waals surface area (Å²) in [6, 6.07) is 14.4. The number of hydrogen-bond donors (Lipinski definition) is 1. The van der Waals surface area contributed by atoms with Crippen LogP contribution in [0.4, 0.5) is 5.69 Å². The van der Waals surface area contributed by atoms with E-state index in [4.69, 9.17) is 19.0 Å². The molecule has 1 saturated heterocycles. The van der Waals surface area contributed by atoms with Crippen molar-refractivity contribution in [2.45, 2.75) is 19.3 Å². The summed E-state index contributed by atoms with van der Waals surface area (Å²) >= 11 is 0. The van der Waals surface area contributed by atoms with Gasteiger partial charge in [-0.15, -0.1) is 0 Å². The zero-order chi connectivity index (χ0) is 25.3. The Balaban J connectivity index is 1.72. The highest BCUT2D eigenvalue weighted by Crippen LogP contribution is 2.28. The van der Waals surface area contributed by atoms with E-state index in [-0.39, 0.29) is 43.1 Å². The Morgan fingerprint density at radius 3 is 2.50 bits per heavy atom. The van der Waals surface area contributed by atoms with E-state index in [0.717, 1.165) is 37.2 Å². The van der Waals surface area contributed by atoms with Crippen molar-refractivity contribution < 1.29 is 28.6 Å². The molecule has 1 N–H and O–H groups in total. The molecule has 0 amide bonds. The first-order chi connectivity index (χ1) is 17.6. The number of anilines is 1. The standard InChI is InChI=1S/C28H29NO7/c30-15-16-34-17-18-35-27(32)25-22-11-10-21(29-13-5-2-6-14-29)19-24(22)36-28(33)26(25)23(31)12-9-20-7-3-1-4-8-20/h1,3-4,7-12,19,30H,2,5-6,13-18H2/b12-9+. The van der Waals surface area contributed by atoms with E-state index in [1.54, 1.807) is 18.2 Å². The number of benzene rings is 2. The molecule has 4 rings (SSSR count). The molecule has 0 unspecified atom stereocenters. The van der Waals surface area contributed by atoms with Gasteiger partial charge >= 0.3 is 11.6 Å². The van der Waals surface area contributed by atoms with Crippen LogP contribution in [0.1, 0.15) is 45.5 Å². The molecule has 36 heavy (non-hydrogen) atoms. The molecule has 1 aliphatic rings. The predicted molar refractivity (Wildman–Crippen MR) is 137 cm³/mol. The molecule has 188 valence electrons. The molecule has 0 spiro atoms. The van der Waals surface area contributed by atoms with Crippen LogP contribution in [0.25, 0.3) is 17.0 Å². The summed E-state index contributed by atoms with van der Waals surface area (Å²) in [7, 11) is 0. The molecule has 8 nitrogen and oxygen atoms in total. The van der Waals surface area contributed by atoms with Gasteiger partial charge in [0.05, 0.1) is 25.4 Å². The number of ketones is 1. The molecule has 0 bridgehead atoms. The maximum Gasteiger partial charge on any atom is 0.348 e. The lowest BCUT2D eigenvalue weighted by Gasteiger charge is -2.28. The van der Waals surface area contributed by atoms with E-state index < -0.39 is 17.4 Å². The molecule has 1 fully saturated rings. The van der Waals surface area contributed by atoms with Crippen molar-refractivity contribution in [1.29, 1.82) is 0 Å². The lowest BCUT2D eigenvalue weighted by molar-refractivity contribution is 0.0258. The van der Waals surface area contributed by atoms with Gasteiger partial charge in [0, 0.05) is 30.2 Å².